The van der Waals surface area contributed by atoms with Gasteiger partial charge in [0.25, 0.3) is 5.91 Å². The molecule has 0 bridgehead atoms. The van der Waals surface area contributed by atoms with Crippen molar-refractivity contribution in [3.63, 3.8) is 0 Å². The minimum atomic E-state index is 0.0467. The van der Waals surface area contributed by atoms with Crippen molar-refractivity contribution in [2.75, 3.05) is 13.1 Å². The molecule has 0 saturated carbocycles. The Bertz CT molecular complexity index is 428. The quantitative estimate of drug-likeness (QED) is 0.876. The lowest BCUT2D eigenvalue weighted by Crippen LogP contribution is -2.42. The second-order valence-corrected chi connectivity index (χ2v) is 5.84. The molecule has 1 aromatic rings. The smallest absolute Gasteiger partial charge is 0.251 e. The summed E-state index contributed by atoms with van der Waals surface area (Å²) in [4.78, 5) is 12.1. The summed E-state index contributed by atoms with van der Waals surface area (Å²) in [7, 11) is 0. The van der Waals surface area contributed by atoms with Crippen molar-refractivity contribution >= 4 is 5.91 Å². The third-order valence-corrected chi connectivity index (χ3v) is 3.80. The van der Waals surface area contributed by atoms with Crippen molar-refractivity contribution in [1.29, 1.82) is 0 Å². The summed E-state index contributed by atoms with van der Waals surface area (Å²) in [5.41, 5.74) is 3.05. The fourth-order valence-electron chi connectivity index (χ4n) is 2.68. The number of nitrogens with one attached hydrogen (secondary N) is 2. The fourth-order valence-corrected chi connectivity index (χ4v) is 2.68. The lowest BCUT2D eigenvalue weighted by molar-refractivity contribution is 0.0943. The molecule has 0 aliphatic carbocycles. The van der Waals surface area contributed by atoms with Crippen molar-refractivity contribution in [3.05, 3.63) is 34.9 Å². The van der Waals surface area contributed by atoms with Crippen LogP contribution in [-0.2, 0) is 0 Å². The first kappa shape index (κ1) is 14.1. The highest BCUT2D eigenvalue weighted by atomic mass is 16.1. The Balaban J connectivity index is 1.87. The van der Waals surface area contributed by atoms with Gasteiger partial charge in [-0.1, -0.05) is 17.2 Å². The monoisotopic (exact) mass is 260 g/mol. The zero-order valence-electron chi connectivity index (χ0n) is 12.1. The second-order valence-electron chi connectivity index (χ2n) is 5.84. The largest absolute Gasteiger partial charge is 0.352 e. The summed E-state index contributed by atoms with van der Waals surface area (Å²) in [5, 5.41) is 6.52. The van der Waals surface area contributed by atoms with Gasteiger partial charge in [0, 0.05) is 18.2 Å². The molecule has 1 saturated heterocycles. The van der Waals surface area contributed by atoms with Crippen LogP contribution in [-0.4, -0.2) is 25.0 Å². The summed E-state index contributed by atoms with van der Waals surface area (Å²) in [5.74, 6) is 0.608. The van der Waals surface area contributed by atoms with Gasteiger partial charge in [0.15, 0.2) is 0 Å². The highest BCUT2D eigenvalue weighted by Gasteiger charge is 2.18. The molecular weight excluding hydrogens is 236 g/mol. The minimum Gasteiger partial charge on any atom is -0.352 e. The van der Waals surface area contributed by atoms with Crippen LogP contribution in [0.2, 0.25) is 0 Å². The number of hydrogen-bond donors (Lipinski definition) is 2. The Labute approximate surface area is 115 Å². The average Bonchev–Trinajstić information content (AvgIpc) is 2.36. The Morgan fingerprint density at radius 3 is 2.53 bits per heavy atom. The van der Waals surface area contributed by atoms with E-state index in [4.69, 9.17) is 0 Å². The normalized spacial score (nSPS) is 23.1. The highest BCUT2D eigenvalue weighted by molar-refractivity contribution is 5.94. The first-order valence-corrected chi connectivity index (χ1v) is 7.14. The summed E-state index contributed by atoms with van der Waals surface area (Å²) < 4.78 is 0. The predicted molar refractivity (Wildman–Crippen MR) is 78.4 cm³/mol. The molecule has 1 aliphatic rings. The third kappa shape index (κ3) is 4.06. The molecule has 0 radical (unpaired) electrons. The number of rotatable bonds is 3. The van der Waals surface area contributed by atoms with Crippen LogP contribution in [0.15, 0.2) is 18.2 Å². The van der Waals surface area contributed by atoms with Crippen LogP contribution in [0, 0.1) is 19.8 Å². The van der Waals surface area contributed by atoms with Crippen molar-refractivity contribution in [2.45, 2.75) is 39.7 Å². The molecule has 1 heterocycles. The molecule has 1 fully saturated rings. The van der Waals surface area contributed by atoms with Crippen molar-refractivity contribution in [1.82, 2.24) is 10.6 Å². The lowest BCUT2D eigenvalue weighted by Gasteiger charge is -2.27. The second kappa shape index (κ2) is 6.20. The number of aryl methyl sites for hydroxylation is 2. The van der Waals surface area contributed by atoms with Gasteiger partial charge in [-0.15, -0.1) is 0 Å². The third-order valence-electron chi connectivity index (χ3n) is 3.80. The molecule has 2 rings (SSSR count). The van der Waals surface area contributed by atoms with Gasteiger partial charge < -0.3 is 10.6 Å². The molecule has 2 unspecified atom stereocenters. The van der Waals surface area contributed by atoms with Crippen molar-refractivity contribution < 1.29 is 4.79 Å². The highest BCUT2D eigenvalue weighted by Crippen LogP contribution is 2.14. The Morgan fingerprint density at radius 2 is 1.95 bits per heavy atom. The van der Waals surface area contributed by atoms with Crippen LogP contribution < -0.4 is 10.6 Å². The summed E-state index contributed by atoms with van der Waals surface area (Å²) in [6.07, 6.45) is 2.39. The van der Waals surface area contributed by atoms with Crippen LogP contribution in [0.1, 0.15) is 41.3 Å². The van der Waals surface area contributed by atoms with E-state index in [0.717, 1.165) is 29.8 Å². The molecule has 19 heavy (non-hydrogen) atoms. The minimum absolute atomic E-state index is 0.0467. The molecule has 1 aliphatic heterocycles. The maximum Gasteiger partial charge on any atom is 0.251 e. The van der Waals surface area contributed by atoms with E-state index < -0.39 is 0 Å². The van der Waals surface area contributed by atoms with E-state index in [1.165, 1.54) is 12.8 Å². The van der Waals surface area contributed by atoms with Gasteiger partial charge in [0.05, 0.1) is 0 Å². The van der Waals surface area contributed by atoms with Crippen LogP contribution in [0.3, 0.4) is 0 Å². The Kier molecular flexibility index (Phi) is 4.59. The standard InChI is InChI=1S/C16H24N2O/c1-11-6-12(2)8-15(7-11)16(19)18-10-14-5-4-13(3)17-9-14/h6-8,13-14,17H,4-5,9-10H2,1-3H3,(H,18,19). The maximum absolute atomic E-state index is 12.1. The number of piperidine rings is 1. The molecule has 3 nitrogen and oxygen atoms in total. The van der Waals surface area contributed by atoms with Gasteiger partial charge in [0.2, 0.25) is 0 Å². The number of benzene rings is 1. The summed E-state index contributed by atoms with van der Waals surface area (Å²) in [6, 6.07) is 6.60. The zero-order chi connectivity index (χ0) is 13.8. The molecule has 1 amide bonds. The van der Waals surface area contributed by atoms with Crippen LogP contribution in [0.4, 0.5) is 0 Å². The van der Waals surface area contributed by atoms with Crippen LogP contribution in [0.5, 0.6) is 0 Å². The molecule has 2 atom stereocenters. The Morgan fingerprint density at radius 1 is 1.26 bits per heavy atom. The molecule has 104 valence electrons. The summed E-state index contributed by atoms with van der Waals surface area (Å²) in [6.45, 7) is 8.04. The van der Waals surface area contributed by atoms with Crippen LogP contribution >= 0.6 is 0 Å². The van der Waals surface area contributed by atoms with Gasteiger partial charge >= 0.3 is 0 Å². The number of amides is 1. The lowest BCUT2D eigenvalue weighted by atomic mass is 9.95. The maximum atomic E-state index is 12.1. The SMILES string of the molecule is Cc1cc(C)cc(C(=O)NCC2CCC(C)NC2)c1. The first-order valence-electron chi connectivity index (χ1n) is 7.14. The topological polar surface area (TPSA) is 41.1 Å². The van der Waals surface area contributed by atoms with Gasteiger partial charge in [-0.3, -0.25) is 4.79 Å². The van der Waals surface area contributed by atoms with E-state index in [9.17, 15) is 4.79 Å². The van der Waals surface area contributed by atoms with E-state index >= 15 is 0 Å². The summed E-state index contributed by atoms with van der Waals surface area (Å²) >= 11 is 0. The molecule has 3 heteroatoms. The Hall–Kier alpha value is -1.35. The van der Waals surface area contributed by atoms with E-state index in [1.54, 1.807) is 0 Å². The van der Waals surface area contributed by atoms with E-state index in [0.29, 0.717) is 12.0 Å². The average molecular weight is 260 g/mol. The number of hydrogen-bond acceptors (Lipinski definition) is 2. The molecule has 0 aromatic heterocycles. The van der Waals surface area contributed by atoms with E-state index in [2.05, 4.69) is 23.6 Å². The van der Waals surface area contributed by atoms with Gasteiger partial charge in [0.1, 0.15) is 0 Å². The van der Waals surface area contributed by atoms with Crippen molar-refractivity contribution in [2.24, 2.45) is 5.92 Å². The first-order chi connectivity index (χ1) is 9.04. The molecule has 0 spiro atoms. The van der Waals surface area contributed by atoms with E-state index in [1.807, 2.05) is 26.0 Å². The zero-order valence-corrected chi connectivity index (χ0v) is 12.1. The van der Waals surface area contributed by atoms with Crippen molar-refractivity contribution in [3.8, 4) is 0 Å². The molecular formula is C16H24N2O. The van der Waals surface area contributed by atoms with Gasteiger partial charge in [-0.05, 0) is 58.2 Å². The van der Waals surface area contributed by atoms with Crippen LogP contribution in [0.25, 0.3) is 0 Å². The molecule has 2 N–H and O–H groups in total. The number of carbonyl (C=O) groups excluding carboxylic acids is 1. The van der Waals surface area contributed by atoms with Gasteiger partial charge in [-0.25, -0.2) is 0 Å². The van der Waals surface area contributed by atoms with Gasteiger partial charge in [-0.2, -0.15) is 0 Å². The number of carbonyl (C=O) groups is 1. The molecule has 1 aromatic carbocycles. The van der Waals surface area contributed by atoms with E-state index in [-0.39, 0.29) is 5.91 Å². The fraction of sp³-hybridized carbons (Fsp3) is 0.562. The predicted octanol–water partition coefficient (Wildman–Crippen LogP) is 2.42.